The van der Waals surface area contributed by atoms with Gasteiger partial charge in [-0.1, -0.05) is 42.5 Å². The molecule has 3 atom stereocenters. The van der Waals surface area contributed by atoms with Crippen LogP contribution in [0.25, 0.3) is 17.0 Å². The van der Waals surface area contributed by atoms with E-state index in [1.54, 1.807) is 6.92 Å². The number of phenolic OH excluding ortho intramolecular Hbond substituents is 3. The number of aliphatic hydroxyl groups excluding tert-OH is 2. The predicted octanol–water partition coefficient (Wildman–Crippen LogP) is 4.15. The Labute approximate surface area is 212 Å². The molecule has 0 saturated heterocycles. The maximum absolute atomic E-state index is 12.9. The Kier molecular flexibility index (Phi) is 6.15. The summed E-state index contributed by atoms with van der Waals surface area (Å²) in [6.45, 7) is 1.77. The molecule has 190 valence electrons. The molecule has 1 aromatic heterocycles. The molecule has 1 aliphatic rings. The highest BCUT2D eigenvalue weighted by Crippen LogP contribution is 2.43. The lowest BCUT2D eigenvalue weighted by atomic mass is 9.86. The number of ether oxygens (including phenoxy) is 1. The third-order valence-corrected chi connectivity index (χ3v) is 6.66. The van der Waals surface area contributed by atoms with E-state index in [0.29, 0.717) is 12.0 Å². The highest BCUT2D eigenvalue weighted by Gasteiger charge is 2.41. The van der Waals surface area contributed by atoms with E-state index in [1.807, 2.05) is 42.5 Å². The first-order valence-corrected chi connectivity index (χ1v) is 11.8. The van der Waals surface area contributed by atoms with Gasteiger partial charge in [-0.25, -0.2) is 0 Å². The summed E-state index contributed by atoms with van der Waals surface area (Å²) >= 11 is 0. The smallest absolute Gasteiger partial charge is 0.196 e. The number of aromatic hydroxyl groups is 3. The van der Waals surface area contributed by atoms with Crippen molar-refractivity contribution in [2.24, 2.45) is 0 Å². The number of aliphatic hydroxyl groups is 2. The highest BCUT2D eigenvalue weighted by atomic mass is 16.5. The van der Waals surface area contributed by atoms with Crippen LogP contribution in [0.1, 0.15) is 41.9 Å². The summed E-state index contributed by atoms with van der Waals surface area (Å²) in [5.41, 5.74) is -0.209. The molecule has 4 aromatic rings. The first kappa shape index (κ1) is 24.4. The van der Waals surface area contributed by atoms with Crippen molar-refractivity contribution in [2.45, 2.75) is 37.6 Å². The van der Waals surface area contributed by atoms with E-state index in [2.05, 4.69) is 0 Å². The third kappa shape index (κ3) is 4.64. The number of phenols is 3. The van der Waals surface area contributed by atoms with Gasteiger partial charge in [-0.2, -0.15) is 0 Å². The topological polar surface area (TPSA) is 141 Å². The summed E-state index contributed by atoms with van der Waals surface area (Å²) in [5.74, 6) is -0.770. The molecule has 0 spiro atoms. The first-order valence-electron chi connectivity index (χ1n) is 11.8. The molecular formula is C29H26O8. The van der Waals surface area contributed by atoms with Crippen molar-refractivity contribution in [3.05, 3.63) is 99.4 Å². The van der Waals surface area contributed by atoms with Gasteiger partial charge in [0.2, 0.25) is 0 Å². The van der Waals surface area contributed by atoms with E-state index in [0.717, 1.165) is 17.7 Å². The van der Waals surface area contributed by atoms with Crippen LogP contribution in [0.2, 0.25) is 0 Å². The van der Waals surface area contributed by atoms with Gasteiger partial charge < -0.3 is 34.7 Å². The standard InChI is InChI=1S/C29H26O8/c1-29(9-5-8-16-6-3-2-4-7-16)25(33)13-20-22(37-29)15-23-26(28(20)35)21(32)14-24(36-23)27(34)17-10-18(30)12-19(31)11-17/h2-8,10-12,14-15,25,27,30-31,33-35H,9,13H2,1H3/t25-,27-,29-/m1/s1. The maximum atomic E-state index is 12.9. The molecule has 0 bridgehead atoms. The average molecular weight is 503 g/mol. The van der Waals surface area contributed by atoms with Crippen molar-refractivity contribution < 1.29 is 34.7 Å². The normalized spacial score (nSPS) is 20.0. The van der Waals surface area contributed by atoms with Crippen molar-refractivity contribution >= 4 is 17.0 Å². The van der Waals surface area contributed by atoms with Crippen LogP contribution in [0.15, 0.2) is 76.0 Å². The number of hydrogen-bond donors (Lipinski definition) is 5. The first-order chi connectivity index (χ1) is 17.6. The zero-order chi connectivity index (χ0) is 26.3. The number of benzene rings is 3. The van der Waals surface area contributed by atoms with Gasteiger partial charge in [0.25, 0.3) is 0 Å². The lowest BCUT2D eigenvalue weighted by molar-refractivity contribution is -0.0523. The lowest BCUT2D eigenvalue weighted by Crippen LogP contribution is -2.48. The van der Waals surface area contributed by atoms with Crippen LogP contribution < -0.4 is 10.2 Å². The molecule has 1 aliphatic heterocycles. The lowest BCUT2D eigenvalue weighted by Gasteiger charge is -2.39. The molecule has 2 heterocycles. The Morgan fingerprint density at radius 1 is 1.05 bits per heavy atom. The van der Waals surface area contributed by atoms with E-state index in [-0.39, 0.29) is 51.7 Å². The van der Waals surface area contributed by atoms with Gasteiger partial charge in [-0.15, -0.1) is 0 Å². The summed E-state index contributed by atoms with van der Waals surface area (Å²) < 4.78 is 12.0. The van der Waals surface area contributed by atoms with Crippen molar-refractivity contribution in [2.75, 3.05) is 0 Å². The SMILES string of the molecule is C[C@]1(CC=Cc2ccccc2)Oc2cc3oc([C@H](O)c4cc(O)cc(O)c4)cc(=O)c3c(O)c2C[C@H]1O. The van der Waals surface area contributed by atoms with Crippen molar-refractivity contribution in [1.29, 1.82) is 0 Å². The van der Waals surface area contributed by atoms with E-state index in [4.69, 9.17) is 9.15 Å². The molecule has 0 radical (unpaired) electrons. The molecular weight excluding hydrogens is 476 g/mol. The molecule has 0 amide bonds. The van der Waals surface area contributed by atoms with Crippen LogP contribution in [-0.4, -0.2) is 37.2 Å². The zero-order valence-corrected chi connectivity index (χ0v) is 20.0. The van der Waals surface area contributed by atoms with Crippen LogP contribution in [0.5, 0.6) is 23.0 Å². The van der Waals surface area contributed by atoms with Crippen LogP contribution in [0.3, 0.4) is 0 Å². The van der Waals surface area contributed by atoms with Gasteiger partial charge in [0, 0.05) is 36.6 Å². The Hall–Kier alpha value is -4.27. The summed E-state index contributed by atoms with van der Waals surface area (Å²) in [6, 6.07) is 15.8. The minimum absolute atomic E-state index is 0.0132. The second-order valence-corrected chi connectivity index (χ2v) is 9.43. The van der Waals surface area contributed by atoms with Gasteiger partial charge in [0.15, 0.2) is 5.43 Å². The van der Waals surface area contributed by atoms with Gasteiger partial charge in [0.1, 0.15) is 51.4 Å². The Morgan fingerprint density at radius 2 is 1.76 bits per heavy atom. The Balaban J connectivity index is 1.51. The maximum Gasteiger partial charge on any atom is 0.196 e. The molecule has 5 N–H and O–H groups in total. The van der Waals surface area contributed by atoms with Crippen LogP contribution in [0, 0.1) is 0 Å². The highest BCUT2D eigenvalue weighted by molar-refractivity contribution is 5.87. The second-order valence-electron chi connectivity index (χ2n) is 9.43. The third-order valence-electron chi connectivity index (χ3n) is 6.66. The summed E-state index contributed by atoms with van der Waals surface area (Å²) in [5, 5.41) is 51.9. The quantitative estimate of drug-likeness (QED) is 0.274. The number of fused-ring (bicyclic) bond motifs is 2. The van der Waals surface area contributed by atoms with Gasteiger partial charge in [-0.05, 0) is 30.2 Å². The summed E-state index contributed by atoms with van der Waals surface area (Å²) in [4.78, 5) is 12.9. The van der Waals surface area contributed by atoms with Crippen LogP contribution in [0.4, 0.5) is 0 Å². The van der Waals surface area contributed by atoms with Crippen molar-refractivity contribution in [1.82, 2.24) is 0 Å². The molecule has 3 aromatic carbocycles. The molecule has 0 fully saturated rings. The molecule has 0 saturated carbocycles. The van der Waals surface area contributed by atoms with E-state index in [9.17, 15) is 30.3 Å². The Bertz CT molecular complexity index is 1540. The van der Waals surface area contributed by atoms with Crippen LogP contribution >= 0.6 is 0 Å². The number of rotatable bonds is 5. The zero-order valence-electron chi connectivity index (χ0n) is 20.0. The van der Waals surface area contributed by atoms with E-state index in [1.165, 1.54) is 18.2 Å². The van der Waals surface area contributed by atoms with Gasteiger partial charge >= 0.3 is 0 Å². The van der Waals surface area contributed by atoms with Crippen LogP contribution in [-0.2, 0) is 6.42 Å². The summed E-state index contributed by atoms with van der Waals surface area (Å²) in [7, 11) is 0. The largest absolute Gasteiger partial charge is 0.508 e. The van der Waals surface area contributed by atoms with Gasteiger partial charge in [-0.3, -0.25) is 4.79 Å². The molecule has 8 nitrogen and oxygen atoms in total. The second kappa shape index (κ2) is 9.31. The molecule has 0 unspecified atom stereocenters. The predicted molar refractivity (Wildman–Crippen MR) is 137 cm³/mol. The fourth-order valence-corrected chi connectivity index (χ4v) is 4.60. The van der Waals surface area contributed by atoms with Gasteiger partial charge in [0.05, 0.1) is 6.10 Å². The molecule has 0 aliphatic carbocycles. The van der Waals surface area contributed by atoms with Crippen molar-refractivity contribution in [3.8, 4) is 23.0 Å². The fraction of sp³-hybridized carbons (Fsp3) is 0.207. The summed E-state index contributed by atoms with van der Waals surface area (Å²) in [6.07, 6.45) is 1.87. The minimum atomic E-state index is -1.47. The molecule has 5 rings (SSSR count). The van der Waals surface area contributed by atoms with E-state index >= 15 is 0 Å². The Morgan fingerprint density at radius 3 is 2.46 bits per heavy atom. The average Bonchev–Trinajstić information content (AvgIpc) is 2.85. The number of hydrogen-bond acceptors (Lipinski definition) is 8. The molecule has 37 heavy (non-hydrogen) atoms. The molecule has 8 heteroatoms. The van der Waals surface area contributed by atoms with E-state index < -0.39 is 23.2 Å². The fourth-order valence-electron chi connectivity index (χ4n) is 4.60. The van der Waals surface area contributed by atoms with Crippen molar-refractivity contribution in [3.63, 3.8) is 0 Å². The monoisotopic (exact) mass is 502 g/mol. The minimum Gasteiger partial charge on any atom is -0.508 e.